The van der Waals surface area contributed by atoms with E-state index in [9.17, 15) is 34.1 Å². The van der Waals surface area contributed by atoms with Crippen LogP contribution in [0.1, 0.15) is 26.3 Å². The molecule has 0 radical (unpaired) electrons. The number of nitrogens with zero attached hydrogens (tertiary/aromatic N) is 3. The van der Waals surface area contributed by atoms with E-state index in [0.717, 1.165) is 41.1 Å². The molecule has 4 atom stereocenters. The number of methoxy groups -OCH3 is 2. The first-order chi connectivity index (χ1) is 21.1. The number of likely N-dealkylation sites (N-methyl/N-ethyl adjacent to an activating group) is 1. The Labute approximate surface area is 264 Å². The number of nitro benzene ring substituents is 1. The molecule has 0 N–H and O–H groups in total. The molecule has 0 aromatic heterocycles. The van der Waals surface area contributed by atoms with E-state index in [2.05, 4.69) is 4.74 Å². The lowest BCUT2D eigenvalue weighted by molar-refractivity contribution is -0.386. The average molecular weight is 664 g/mol. The van der Waals surface area contributed by atoms with Crippen molar-refractivity contribution in [1.82, 2.24) is 9.80 Å². The molecular weight excluding hydrogens is 626 g/mol. The number of amides is 1. The summed E-state index contributed by atoms with van der Waals surface area (Å²) in [7, 11) is 5.78. The standard InChI is InChI=1S/C27H38ClN3O14/c1-16(32)43-22(23(44-17(2)33)24(45-18(3)34)25(39-6)26(35)40-7)14-41-21-9-8-19(12-20(21)31(37)38)13-42-27(36)30(15-28)11-10-29(4)5/h8-9,12,22-25H,10-11,13-15H2,1-7H3/t22-,23?,24?,25?/m1/s1. The lowest BCUT2D eigenvalue weighted by Gasteiger charge is -2.34. The summed E-state index contributed by atoms with van der Waals surface area (Å²) in [6.07, 6.45) is -7.35. The molecule has 1 aromatic rings. The Morgan fingerprint density at radius 2 is 1.53 bits per heavy atom. The van der Waals surface area contributed by atoms with Gasteiger partial charge in [-0.15, -0.1) is 11.6 Å². The van der Waals surface area contributed by atoms with Crippen LogP contribution in [-0.4, -0.2) is 123 Å². The molecular formula is C27H38ClN3O14. The van der Waals surface area contributed by atoms with Gasteiger partial charge in [-0.2, -0.15) is 0 Å². The molecule has 0 fully saturated rings. The van der Waals surface area contributed by atoms with E-state index in [4.69, 9.17) is 40.0 Å². The van der Waals surface area contributed by atoms with Gasteiger partial charge in [-0.3, -0.25) is 29.4 Å². The summed E-state index contributed by atoms with van der Waals surface area (Å²) in [6, 6.07) is 3.59. The van der Waals surface area contributed by atoms with Crippen molar-refractivity contribution in [2.24, 2.45) is 0 Å². The SMILES string of the molecule is COC(=O)C(OC)C(OC(C)=O)C(OC(C)=O)[C@@H](COc1ccc(COC(=O)N(CCl)CCN(C)C)cc1[N+](=O)[O-])OC(C)=O. The van der Waals surface area contributed by atoms with E-state index >= 15 is 0 Å². The highest BCUT2D eigenvalue weighted by atomic mass is 35.5. The van der Waals surface area contributed by atoms with E-state index < -0.39 is 71.6 Å². The molecule has 3 unspecified atom stereocenters. The normalized spacial score (nSPS) is 13.4. The van der Waals surface area contributed by atoms with Gasteiger partial charge in [0.1, 0.15) is 13.2 Å². The maximum atomic E-state index is 12.4. The Bertz CT molecular complexity index is 1200. The second-order valence-corrected chi connectivity index (χ2v) is 9.83. The first-order valence-electron chi connectivity index (χ1n) is 13.3. The first-order valence-corrected chi connectivity index (χ1v) is 13.8. The maximum Gasteiger partial charge on any atom is 0.411 e. The van der Waals surface area contributed by atoms with Crippen LogP contribution in [0.5, 0.6) is 5.75 Å². The van der Waals surface area contributed by atoms with E-state index in [-0.39, 0.29) is 23.9 Å². The van der Waals surface area contributed by atoms with Crippen LogP contribution in [0.15, 0.2) is 18.2 Å². The van der Waals surface area contributed by atoms with Crippen LogP contribution in [0, 0.1) is 10.1 Å². The number of carbonyl (C=O) groups is 5. The highest BCUT2D eigenvalue weighted by Crippen LogP contribution is 2.30. The zero-order chi connectivity index (χ0) is 34.3. The third kappa shape index (κ3) is 13.1. The number of halogens is 1. The lowest BCUT2D eigenvalue weighted by Crippen LogP contribution is -2.55. The van der Waals surface area contributed by atoms with Crippen LogP contribution in [0.3, 0.4) is 0 Å². The Morgan fingerprint density at radius 3 is 2.02 bits per heavy atom. The van der Waals surface area contributed by atoms with E-state index in [1.807, 2.05) is 19.0 Å². The topological polar surface area (TPSA) is 200 Å². The second-order valence-electron chi connectivity index (χ2n) is 9.59. The van der Waals surface area contributed by atoms with Crippen LogP contribution in [-0.2, 0) is 54.2 Å². The minimum atomic E-state index is -1.70. The Hall–Kier alpha value is -4.22. The van der Waals surface area contributed by atoms with Crippen molar-refractivity contribution in [3.8, 4) is 5.75 Å². The van der Waals surface area contributed by atoms with Crippen molar-refractivity contribution in [2.75, 3.05) is 54.0 Å². The van der Waals surface area contributed by atoms with E-state index in [1.54, 1.807) is 0 Å². The summed E-state index contributed by atoms with van der Waals surface area (Å²) in [5.74, 6) is -4.04. The van der Waals surface area contributed by atoms with Gasteiger partial charge < -0.3 is 38.1 Å². The zero-order valence-corrected chi connectivity index (χ0v) is 26.8. The molecule has 0 saturated carbocycles. The van der Waals surface area contributed by atoms with Crippen molar-refractivity contribution in [3.63, 3.8) is 0 Å². The third-order valence-corrected chi connectivity index (χ3v) is 6.09. The van der Waals surface area contributed by atoms with Crippen LogP contribution in [0.4, 0.5) is 10.5 Å². The Morgan fingerprint density at radius 1 is 0.933 bits per heavy atom. The predicted octanol–water partition coefficient (Wildman–Crippen LogP) is 1.65. The summed E-state index contributed by atoms with van der Waals surface area (Å²) in [4.78, 5) is 75.0. The van der Waals surface area contributed by atoms with E-state index in [0.29, 0.717) is 13.1 Å². The third-order valence-electron chi connectivity index (χ3n) is 5.80. The fraction of sp³-hybridized carbons (Fsp3) is 0.593. The number of rotatable bonds is 18. The fourth-order valence-electron chi connectivity index (χ4n) is 3.77. The molecule has 0 bridgehead atoms. The number of hydrogen-bond acceptors (Lipinski definition) is 15. The van der Waals surface area contributed by atoms with Gasteiger partial charge in [0.15, 0.2) is 30.2 Å². The minimum Gasteiger partial charge on any atom is -0.483 e. The van der Waals surface area contributed by atoms with Gasteiger partial charge in [-0.25, -0.2) is 9.59 Å². The predicted molar refractivity (Wildman–Crippen MR) is 154 cm³/mol. The van der Waals surface area contributed by atoms with Gasteiger partial charge in [-0.1, -0.05) is 6.07 Å². The highest BCUT2D eigenvalue weighted by molar-refractivity contribution is 6.18. The molecule has 1 aromatic carbocycles. The number of carbonyl (C=O) groups excluding carboxylic acids is 5. The summed E-state index contributed by atoms with van der Waals surface area (Å²) in [5, 5.41) is 11.9. The summed E-state index contributed by atoms with van der Waals surface area (Å²) in [6.45, 7) is 2.87. The van der Waals surface area contributed by atoms with Gasteiger partial charge in [0.25, 0.3) is 0 Å². The van der Waals surface area contributed by atoms with Crippen molar-refractivity contribution in [2.45, 2.75) is 51.8 Å². The second kappa shape index (κ2) is 19.2. The molecule has 1 rings (SSSR count). The number of hydrogen-bond donors (Lipinski definition) is 0. The van der Waals surface area contributed by atoms with Gasteiger partial charge in [0.2, 0.25) is 0 Å². The molecule has 0 saturated heterocycles. The minimum absolute atomic E-state index is 0.124. The monoisotopic (exact) mass is 663 g/mol. The zero-order valence-electron chi connectivity index (χ0n) is 26.0. The highest BCUT2D eigenvalue weighted by Gasteiger charge is 2.46. The molecule has 0 heterocycles. The van der Waals surface area contributed by atoms with Gasteiger partial charge in [0, 0.05) is 47.0 Å². The quantitative estimate of drug-likeness (QED) is 0.0548. The maximum absolute atomic E-state index is 12.4. The number of alkyl halides is 1. The Balaban J connectivity index is 3.33. The van der Waals surface area contributed by atoms with E-state index in [1.165, 1.54) is 17.0 Å². The molecule has 0 aliphatic heterocycles. The number of nitro groups is 1. The number of ether oxygens (including phenoxy) is 7. The fourth-order valence-corrected chi connectivity index (χ4v) is 3.99. The van der Waals surface area contributed by atoms with Gasteiger partial charge >= 0.3 is 35.7 Å². The summed E-state index contributed by atoms with van der Waals surface area (Å²) >= 11 is 5.84. The lowest BCUT2D eigenvalue weighted by atomic mass is 10.0. The molecule has 45 heavy (non-hydrogen) atoms. The van der Waals surface area contributed by atoms with Crippen LogP contribution < -0.4 is 4.74 Å². The van der Waals surface area contributed by atoms with Gasteiger partial charge in [0.05, 0.1) is 18.0 Å². The van der Waals surface area contributed by atoms with Crippen molar-refractivity contribution >= 4 is 47.3 Å². The molecule has 1 amide bonds. The van der Waals surface area contributed by atoms with Crippen molar-refractivity contribution in [3.05, 3.63) is 33.9 Å². The molecule has 0 aliphatic rings. The first kappa shape index (κ1) is 38.8. The smallest absolute Gasteiger partial charge is 0.411 e. The Kier molecular flexibility index (Phi) is 16.6. The average Bonchev–Trinajstić information content (AvgIpc) is 2.96. The van der Waals surface area contributed by atoms with Crippen LogP contribution in [0.2, 0.25) is 0 Å². The molecule has 0 aliphatic carbocycles. The summed E-state index contributed by atoms with van der Waals surface area (Å²) < 4.78 is 36.5. The van der Waals surface area contributed by atoms with Crippen molar-refractivity contribution in [1.29, 1.82) is 0 Å². The molecule has 252 valence electrons. The molecule has 18 heteroatoms. The number of benzene rings is 1. The van der Waals surface area contributed by atoms with Crippen LogP contribution in [0.25, 0.3) is 0 Å². The van der Waals surface area contributed by atoms with Crippen molar-refractivity contribution < 1.29 is 62.1 Å². The van der Waals surface area contributed by atoms with Gasteiger partial charge in [-0.05, 0) is 25.7 Å². The molecule has 17 nitrogen and oxygen atoms in total. The van der Waals surface area contributed by atoms with Crippen LogP contribution >= 0.6 is 11.6 Å². The summed E-state index contributed by atoms with van der Waals surface area (Å²) in [5.41, 5.74) is -0.299. The largest absolute Gasteiger partial charge is 0.483 e. The number of esters is 4. The molecule has 0 spiro atoms.